The van der Waals surface area contributed by atoms with Crippen LogP contribution in [0.15, 0.2) is 54.9 Å². The number of benzene rings is 1. The number of nitrogens with zero attached hydrogens (tertiary/aromatic N) is 1. The first-order valence-corrected chi connectivity index (χ1v) is 6.89. The quantitative estimate of drug-likeness (QED) is 0.878. The average Bonchev–Trinajstić information content (AvgIpc) is 2.77. The van der Waals surface area contributed by atoms with Crippen molar-refractivity contribution in [3.63, 3.8) is 0 Å². The van der Waals surface area contributed by atoms with Gasteiger partial charge in [-0.15, -0.1) is 24.8 Å². The molecular weight excluding hydrogens is 303 g/mol. The normalized spacial score (nSPS) is 23.0. The Balaban J connectivity index is 0.00000110. The third-order valence-corrected chi connectivity index (χ3v) is 4.20. The molecule has 21 heavy (non-hydrogen) atoms. The molecule has 1 aromatic carbocycles. The summed E-state index contributed by atoms with van der Waals surface area (Å²) in [6, 6.07) is 15.4. The molecule has 2 heterocycles. The second kappa shape index (κ2) is 7.26. The van der Waals surface area contributed by atoms with Crippen molar-refractivity contribution in [3.8, 4) is 0 Å². The number of halogens is 2. The lowest BCUT2D eigenvalue weighted by Crippen LogP contribution is -2.37. The topological polar surface area (TPSA) is 24.9 Å². The lowest BCUT2D eigenvalue weighted by atomic mass is 9.83. The SMILES string of the molecule is CC1(C)NC(c2ccccc2)CC1c1ccncc1.Cl.Cl. The van der Waals surface area contributed by atoms with Crippen LogP contribution in [0.2, 0.25) is 0 Å². The van der Waals surface area contributed by atoms with Crippen molar-refractivity contribution in [2.24, 2.45) is 0 Å². The molecule has 3 rings (SSSR count). The van der Waals surface area contributed by atoms with Crippen LogP contribution in [0.4, 0.5) is 0 Å². The second-order valence-electron chi connectivity index (χ2n) is 5.90. The first kappa shape index (κ1) is 18.0. The van der Waals surface area contributed by atoms with Crippen molar-refractivity contribution in [3.05, 3.63) is 66.0 Å². The zero-order valence-electron chi connectivity index (χ0n) is 12.3. The lowest BCUT2D eigenvalue weighted by molar-refractivity contribution is 0.397. The van der Waals surface area contributed by atoms with E-state index < -0.39 is 0 Å². The van der Waals surface area contributed by atoms with Crippen LogP contribution in [-0.2, 0) is 0 Å². The molecule has 114 valence electrons. The van der Waals surface area contributed by atoms with E-state index in [4.69, 9.17) is 0 Å². The van der Waals surface area contributed by atoms with Crippen LogP contribution in [-0.4, -0.2) is 10.5 Å². The highest BCUT2D eigenvalue weighted by Crippen LogP contribution is 2.43. The summed E-state index contributed by atoms with van der Waals surface area (Å²) in [4.78, 5) is 4.12. The zero-order valence-corrected chi connectivity index (χ0v) is 14.0. The second-order valence-corrected chi connectivity index (χ2v) is 5.90. The van der Waals surface area contributed by atoms with E-state index in [0.29, 0.717) is 12.0 Å². The molecule has 0 radical (unpaired) electrons. The van der Waals surface area contributed by atoms with E-state index in [-0.39, 0.29) is 30.4 Å². The summed E-state index contributed by atoms with van der Waals surface area (Å²) in [7, 11) is 0. The predicted molar refractivity (Wildman–Crippen MR) is 92.5 cm³/mol. The smallest absolute Gasteiger partial charge is 0.0331 e. The molecule has 1 saturated heterocycles. The molecule has 2 unspecified atom stereocenters. The fourth-order valence-corrected chi connectivity index (χ4v) is 3.19. The van der Waals surface area contributed by atoms with E-state index in [1.807, 2.05) is 12.4 Å². The van der Waals surface area contributed by atoms with E-state index in [0.717, 1.165) is 6.42 Å². The molecule has 4 heteroatoms. The third-order valence-electron chi connectivity index (χ3n) is 4.20. The van der Waals surface area contributed by atoms with Crippen molar-refractivity contribution >= 4 is 24.8 Å². The summed E-state index contributed by atoms with van der Waals surface area (Å²) in [5, 5.41) is 3.77. The van der Waals surface area contributed by atoms with Crippen molar-refractivity contribution in [1.29, 1.82) is 0 Å². The van der Waals surface area contributed by atoms with E-state index in [1.54, 1.807) is 0 Å². The maximum Gasteiger partial charge on any atom is 0.0331 e. The van der Waals surface area contributed by atoms with Gasteiger partial charge >= 0.3 is 0 Å². The highest BCUT2D eigenvalue weighted by molar-refractivity contribution is 5.85. The minimum Gasteiger partial charge on any atom is -0.304 e. The summed E-state index contributed by atoms with van der Waals surface area (Å²) in [5.41, 5.74) is 2.88. The van der Waals surface area contributed by atoms with Gasteiger partial charge in [-0.3, -0.25) is 4.98 Å². The van der Waals surface area contributed by atoms with Crippen molar-refractivity contribution in [2.45, 2.75) is 37.8 Å². The van der Waals surface area contributed by atoms with Crippen molar-refractivity contribution < 1.29 is 0 Å². The average molecular weight is 325 g/mol. The fourth-order valence-electron chi connectivity index (χ4n) is 3.19. The summed E-state index contributed by atoms with van der Waals surface area (Å²) in [5.74, 6) is 0.528. The van der Waals surface area contributed by atoms with Crippen LogP contribution in [0.3, 0.4) is 0 Å². The zero-order chi connectivity index (χ0) is 13.3. The molecule has 1 aliphatic heterocycles. The van der Waals surface area contributed by atoms with Gasteiger partial charge in [-0.2, -0.15) is 0 Å². The molecule has 2 aromatic rings. The van der Waals surface area contributed by atoms with Crippen LogP contribution in [0, 0.1) is 0 Å². The Morgan fingerprint density at radius 3 is 2.19 bits per heavy atom. The monoisotopic (exact) mass is 324 g/mol. The standard InChI is InChI=1S/C17H20N2.2ClH/c1-17(2)15(13-8-10-18-11-9-13)12-16(19-17)14-6-4-3-5-7-14;;/h3-11,15-16,19H,12H2,1-2H3;2*1H. The number of pyridine rings is 1. The Morgan fingerprint density at radius 1 is 0.952 bits per heavy atom. The lowest BCUT2D eigenvalue weighted by Gasteiger charge is -2.27. The highest BCUT2D eigenvalue weighted by Gasteiger charge is 2.40. The van der Waals surface area contributed by atoms with Crippen LogP contribution < -0.4 is 5.32 Å². The molecule has 0 amide bonds. The number of hydrogen-bond donors (Lipinski definition) is 1. The number of nitrogens with one attached hydrogen (secondary N) is 1. The summed E-state index contributed by atoms with van der Waals surface area (Å²) < 4.78 is 0. The molecule has 1 N–H and O–H groups in total. The Labute approximate surface area is 139 Å². The Bertz CT molecular complexity index is 543. The molecule has 1 aliphatic rings. The van der Waals surface area contributed by atoms with Crippen LogP contribution in [0.5, 0.6) is 0 Å². The van der Waals surface area contributed by atoms with E-state index in [9.17, 15) is 0 Å². The summed E-state index contributed by atoms with van der Waals surface area (Å²) in [6.45, 7) is 4.59. The first-order valence-electron chi connectivity index (χ1n) is 6.89. The molecule has 2 nitrogen and oxygen atoms in total. The molecule has 1 fully saturated rings. The maximum absolute atomic E-state index is 4.12. The molecule has 0 bridgehead atoms. The number of hydrogen-bond acceptors (Lipinski definition) is 2. The van der Waals surface area contributed by atoms with Gasteiger partial charge in [0.2, 0.25) is 0 Å². The predicted octanol–water partition coefficient (Wildman–Crippen LogP) is 4.52. The van der Waals surface area contributed by atoms with Crippen LogP contribution in [0.25, 0.3) is 0 Å². The van der Waals surface area contributed by atoms with E-state index >= 15 is 0 Å². The molecule has 2 atom stereocenters. The first-order chi connectivity index (χ1) is 9.17. The van der Waals surface area contributed by atoms with Gasteiger partial charge in [-0.05, 0) is 43.5 Å². The minimum atomic E-state index is 0. The molecule has 1 aromatic heterocycles. The van der Waals surface area contributed by atoms with Crippen LogP contribution >= 0.6 is 24.8 Å². The van der Waals surface area contributed by atoms with Gasteiger partial charge in [0.25, 0.3) is 0 Å². The number of rotatable bonds is 2. The Hall–Kier alpha value is -1.09. The Morgan fingerprint density at radius 2 is 1.57 bits per heavy atom. The maximum atomic E-state index is 4.12. The van der Waals surface area contributed by atoms with Gasteiger partial charge < -0.3 is 5.32 Å². The summed E-state index contributed by atoms with van der Waals surface area (Å²) in [6.07, 6.45) is 4.92. The van der Waals surface area contributed by atoms with Gasteiger partial charge in [0.15, 0.2) is 0 Å². The summed E-state index contributed by atoms with van der Waals surface area (Å²) >= 11 is 0. The van der Waals surface area contributed by atoms with Gasteiger partial charge in [0, 0.05) is 29.9 Å². The van der Waals surface area contributed by atoms with Gasteiger partial charge in [-0.25, -0.2) is 0 Å². The van der Waals surface area contributed by atoms with Gasteiger partial charge in [-0.1, -0.05) is 30.3 Å². The molecule has 0 aliphatic carbocycles. The minimum absolute atomic E-state index is 0. The van der Waals surface area contributed by atoms with Crippen LogP contribution in [0.1, 0.15) is 43.4 Å². The molecular formula is C17H22Cl2N2. The fraction of sp³-hybridized carbons (Fsp3) is 0.353. The molecule has 0 saturated carbocycles. The van der Waals surface area contributed by atoms with Gasteiger partial charge in [0.05, 0.1) is 0 Å². The van der Waals surface area contributed by atoms with Gasteiger partial charge in [0.1, 0.15) is 0 Å². The highest BCUT2D eigenvalue weighted by atomic mass is 35.5. The number of aromatic nitrogens is 1. The third kappa shape index (κ3) is 3.76. The van der Waals surface area contributed by atoms with Crippen molar-refractivity contribution in [1.82, 2.24) is 10.3 Å². The van der Waals surface area contributed by atoms with E-state index in [2.05, 4.69) is 66.6 Å². The van der Waals surface area contributed by atoms with E-state index in [1.165, 1.54) is 11.1 Å². The molecule has 0 spiro atoms. The largest absolute Gasteiger partial charge is 0.304 e. The Kier molecular flexibility index (Phi) is 6.21. The van der Waals surface area contributed by atoms with Crippen molar-refractivity contribution in [2.75, 3.05) is 0 Å².